The first-order valence-electron chi connectivity index (χ1n) is 9.96. The minimum atomic E-state index is -3.90. The number of hydrogen-bond donors (Lipinski definition) is 2. The number of carbonyl (C=O) groups is 2. The Labute approximate surface area is 196 Å². The van der Waals surface area contributed by atoms with E-state index in [1.165, 1.54) is 30.0 Å². The number of anilines is 3. The quantitative estimate of drug-likeness (QED) is 0.570. The van der Waals surface area contributed by atoms with Gasteiger partial charge in [0.1, 0.15) is 5.75 Å². The number of rotatable bonds is 5. The van der Waals surface area contributed by atoms with Crippen molar-refractivity contribution in [1.82, 2.24) is 0 Å². The average molecular weight is 486 g/mol. The van der Waals surface area contributed by atoms with Crippen LogP contribution in [0.2, 0.25) is 5.02 Å². The molecule has 2 N–H and O–H groups in total. The number of halogens is 1. The van der Waals surface area contributed by atoms with Crippen LogP contribution in [-0.2, 0) is 19.6 Å². The van der Waals surface area contributed by atoms with Crippen LogP contribution in [0.3, 0.4) is 0 Å². The number of carbonyl (C=O) groups excluding carboxylic acids is 2. The highest BCUT2D eigenvalue weighted by Crippen LogP contribution is 2.33. The lowest BCUT2D eigenvalue weighted by Crippen LogP contribution is -2.48. The summed E-state index contributed by atoms with van der Waals surface area (Å²) in [5, 5.41) is 3.16. The summed E-state index contributed by atoms with van der Waals surface area (Å²) in [7, 11) is -3.90. The third-order valence-electron chi connectivity index (χ3n) is 4.95. The summed E-state index contributed by atoms with van der Waals surface area (Å²) in [6.07, 6.45) is -0.962. The molecule has 1 heterocycles. The molecular weight excluding hydrogens is 466 g/mol. The van der Waals surface area contributed by atoms with Crippen LogP contribution in [-0.4, -0.2) is 32.9 Å². The number of para-hydroxylation sites is 2. The van der Waals surface area contributed by atoms with E-state index in [9.17, 15) is 18.0 Å². The number of ether oxygens (including phenoxy) is 1. The van der Waals surface area contributed by atoms with Gasteiger partial charge >= 0.3 is 0 Å². The molecule has 0 unspecified atom stereocenters. The molecule has 2 amide bonds. The van der Waals surface area contributed by atoms with Gasteiger partial charge in [-0.05, 0) is 54.6 Å². The van der Waals surface area contributed by atoms with Gasteiger partial charge < -0.3 is 15.0 Å². The lowest BCUT2D eigenvalue weighted by atomic mass is 10.1. The standard InChI is InChI=1S/C23H20ClN3O5S/c1-15(28)27-14-22(32-21-8-3-2-7-20(21)27)23(29)25-18-5-4-6-19(13-18)33(30,31)26-17-11-9-16(24)10-12-17/h2-13,22,26H,14H2,1H3,(H,25,29)/t22-/m1/s1. The molecule has 33 heavy (non-hydrogen) atoms. The summed E-state index contributed by atoms with van der Waals surface area (Å²) < 4.78 is 33.8. The zero-order valence-corrected chi connectivity index (χ0v) is 19.1. The van der Waals surface area contributed by atoms with E-state index in [4.69, 9.17) is 16.3 Å². The van der Waals surface area contributed by atoms with Crippen molar-refractivity contribution in [2.75, 3.05) is 21.5 Å². The molecule has 10 heteroatoms. The van der Waals surface area contributed by atoms with Gasteiger partial charge in [-0.3, -0.25) is 14.3 Å². The zero-order valence-electron chi connectivity index (χ0n) is 17.5. The van der Waals surface area contributed by atoms with Crippen molar-refractivity contribution in [3.8, 4) is 5.75 Å². The van der Waals surface area contributed by atoms with E-state index >= 15 is 0 Å². The Balaban J connectivity index is 1.51. The van der Waals surface area contributed by atoms with Gasteiger partial charge in [-0.15, -0.1) is 0 Å². The van der Waals surface area contributed by atoms with Crippen molar-refractivity contribution in [2.24, 2.45) is 0 Å². The maximum Gasteiger partial charge on any atom is 0.267 e. The highest BCUT2D eigenvalue weighted by atomic mass is 35.5. The van der Waals surface area contributed by atoms with Crippen LogP contribution < -0.4 is 19.7 Å². The molecule has 1 atom stereocenters. The summed E-state index contributed by atoms with van der Waals surface area (Å²) in [6, 6.07) is 19.0. The van der Waals surface area contributed by atoms with Gasteiger partial charge in [0.05, 0.1) is 17.1 Å². The van der Waals surface area contributed by atoms with E-state index in [0.29, 0.717) is 22.1 Å². The SMILES string of the molecule is CC(=O)N1C[C@H](C(=O)Nc2cccc(S(=O)(=O)Nc3ccc(Cl)cc3)c2)Oc2ccccc21. The van der Waals surface area contributed by atoms with Gasteiger partial charge in [0.25, 0.3) is 15.9 Å². The smallest absolute Gasteiger partial charge is 0.267 e. The van der Waals surface area contributed by atoms with Gasteiger partial charge in [-0.2, -0.15) is 0 Å². The van der Waals surface area contributed by atoms with E-state index in [-0.39, 0.29) is 23.0 Å². The van der Waals surface area contributed by atoms with Gasteiger partial charge in [0.15, 0.2) is 6.10 Å². The second-order valence-electron chi connectivity index (χ2n) is 7.33. The number of nitrogens with zero attached hydrogens (tertiary/aromatic N) is 1. The molecule has 0 aliphatic carbocycles. The van der Waals surface area contributed by atoms with Crippen LogP contribution >= 0.6 is 11.6 Å². The number of benzene rings is 3. The fourth-order valence-corrected chi connectivity index (χ4v) is 4.59. The molecule has 0 aromatic heterocycles. The molecule has 0 saturated carbocycles. The predicted octanol–water partition coefficient (Wildman–Crippen LogP) is 3.89. The van der Waals surface area contributed by atoms with E-state index in [0.717, 1.165) is 0 Å². The van der Waals surface area contributed by atoms with E-state index in [1.54, 1.807) is 54.6 Å². The monoisotopic (exact) mass is 485 g/mol. The minimum absolute atomic E-state index is 0.0319. The zero-order chi connectivity index (χ0) is 23.6. The fourth-order valence-electron chi connectivity index (χ4n) is 3.36. The second-order valence-corrected chi connectivity index (χ2v) is 9.45. The Morgan fingerprint density at radius 3 is 2.45 bits per heavy atom. The highest BCUT2D eigenvalue weighted by molar-refractivity contribution is 7.92. The molecule has 0 spiro atoms. The molecule has 4 rings (SSSR count). The number of amides is 2. The third kappa shape index (κ3) is 5.10. The topological polar surface area (TPSA) is 105 Å². The predicted molar refractivity (Wildman–Crippen MR) is 126 cm³/mol. The normalized spacial score (nSPS) is 15.2. The Bertz CT molecular complexity index is 1310. The molecule has 8 nitrogen and oxygen atoms in total. The van der Waals surface area contributed by atoms with Gasteiger partial charge in [-0.25, -0.2) is 8.42 Å². The first kappa shape index (κ1) is 22.6. The molecule has 170 valence electrons. The van der Waals surface area contributed by atoms with Crippen molar-refractivity contribution in [2.45, 2.75) is 17.9 Å². The second kappa shape index (κ2) is 9.13. The third-order valence-corrected chi connectivity index (χ3v) is 6.59. The largest absolute Gasteiger partial charge is 0.476 e. The van der Waals surface area contributed by atoms with E-state index < -0.39 is 22.0 Å². The van der Waals surface area contributed by atoms with E-state index in [1.807, 2.05) is 0 Å². The number of sulfonamides is 1. The Kier molecular flexibility index (Phi) is 6.26. The van der Waals surface area contributed by atoms with Crippen molar-refractivity contribution < 1.29 is 22.7 Å². The lowest BCUT2D eigenvalue weighted by Gasteiger charge is -2.33. The lowest BCUT2D eigenvalue weighted by molar-refractivity contribution is -0.123. The first-order valence-corrected chi connectivity index (χ1v) is 11.8. The maximum atomic E-state index is 12.9. The summed E-state index contributed by atoms with van der Waals surface area (Å²) >= 11 is 5.84. The Hall–Kier alpha value is -3.56. The van der Waals surface area contributed by atoms with Gasteiger partial charge in [0, 0.05) is 23.3 Å². The fraction of sp³-hybridized carbons (Fsp3) is 0.130. The van der Waals surface area contributed by atoms with Crippen LogP contribution in [0.1, 0.15) is 6.92 Å². The highest BCUT2D eigenvalue weighted by Gasteiger charge is 2.32. The Morgan fingerprint density at radius 1 is 1.00 bits per heavy atom. The minimum Gasteiger partial charge on any atom is -0.476 e. The van der Waals surface area contributed by atoms with Gasteiger partial charge in [0.2, 0.25) is 5.91 Å². The number of fused-ring (bicyclic) bond motifs is 1. The molecule has 0 saturated heterocycles. The summed E-state index contributed by atoms with van der Waals surface area (Å²) in [5.41, 5.74) is 1.22. The molecule has 3 aromatic rings. The molecule has 0 fully saturated rings. The molecule has 3 aromatic carbocycles. The van der Waals surface area contributed by atoms with Crippen LogP contribution in [0.4, 0.5) is 17.1 Å². The molecule has 1 aliphatic heterocycles. The van der Waals surface area contributed by atoms with Crippen molar-refractivity contribution in [1.29, 1.82) is 0 Å². The van der Waals surface area contributed by atoms with E-state index in [2.05, 4.69) is 10.0 Å². The summed E-state index contributed by atoms with van der Waals surface area (Å²) in [4.78, 5) is 26.4. The van der Waals surface area contributed by atoms with Crippen LogP contribution in [0.15, 0.2) is 77.7 Å². The Morgan fingerprint density at radius 2 is 1.73 bits per heavy atom. The first-order chi connectivity index (χ1) is 15.7. The van der Waals surface area contributed by atoms with Crippen molar-refractivity contribution in [3.63, 3.8) is 0 Å². The average Bonchev–Trinajstić information content (AvgIpc) is 2.79. The number of nitrogens with one attached hydrogen (secondary N) is 2. The van der Waals surface area contributed by atoms with Crippen molar-refractivity contribution >= 4 is 50.5 Å². The molecule has 0 bridgehead atoms. The number of hydrogen-bond acceptors (Lipinski definition) is 5. The van der Waals surface area contributed by atoms with Gasteiger partial charge in [-0.1, -0.05) is 29.8 Å². The maximum absolute atomic E-state index is 12.9. The van der Waals surface area contributed by atoms with Crippen molar-refractivity contribution in [3.05, 3.63) is 77.8 Å². The molecule has 1 aliphatic rings. The van der Waals surface area contributed by atoms with Crippen LogP contribution in [0, 0.1) is 0 Å². The molecular formula is C23H20ClN3O5S. The summed E-state index contributed by atoms with van der Waals surface area (Å²) in [6.45, 7) is 1.45. The van der Waals surface area contributed by atoms with Crippen LogP contribution in [0.25, 0.3) is 0 Å². The molecule has 0 radical (unpaired) electrons. The summed E-state index contributed by atoms with van der Waals surface area (Å²) in [5.74, 6) is -0.302. The van der Waals surface area contributed by atoms with Crippen LogP contribution in [0.5, 0.6) is 5.75 Å².